The van der Waals surface area contributed by atoms with Gasteiger partial charge in [0.2, 0.25) is 0 Å². The molecule has 28 heavy (non-hydrogen) atoms. The van der Waals surface area contributed by atoms with Crippen molar-refractivity contribution in [3.63, 3.8) is 0 Å². The Morgan fingerprint density at radius 1 is 0.786 bits per heavy atom. The van der Waals surface area contributed by atoms with Crippen LogP contribution in [0.15, 0.2) is 72.8 Å². The molecule has 0 aliphatic heterocycles. The van der Waals surface area contributed by atoms with Crippen LogP contribution in [0.1, 0.15) is 0 Å². The number of hydrogen-bond acceptors (Lipinski definition) is 4. The van der Waals surface area contributed by atoms with Gasteiger partial charge in [0.1, 0.15) is 29.7 Å². The molecule has 1 aromatic heterocycles. The van der Waals surface area contributed by atoms with Crippen molar-refractivity contribution in [2.75, 3.05) is 20.8 Å². The minimum atomic E-state index is 0.531. The molecule has 5 heteroatoms. The van der Waals surface area contributed by atoms with E-state index in [1.165, 1.54) is 0 Å². The third kappa shape index (κ3) is 3.64. The Hall–Kier alpha value is -3.47. The molecule has 0 radical (unpaired) electrons. The number of rotatable bonds is 7. The molecule has 0 atom stereocenters. The maximum atomic E-state index is 5.93. The van der Waals surface area contributed by atoms with Crippen LogP contribution in [0.2, 0.25) is 0 Å². The van der Waals surface area contributed by atoms with Crippen molar-refractivity contribution < 1.29 is 14.2 Å². The summed E-state index contributed by atoms with van der Waals surface area (Å²) in [6, 6.07) is 23.7. The SMILES string of the molecule is COc1ccc(OCCn2c(-c3cccc(OC)c3)nc3ccccc32)cc1. The minimum Gasteiger partial charge on any atom is -0.497 e. The van der Waals surface area contributed by atoms with Crippen LogP contribution in [0.3, 0.4) is 0 Å². The highest BCUT2D eigenvalue weighted by Gasteiger charge is 2.13. The molecule has 0 fully saturated rings. The molecule has 142 valence electrons. The van der Waals surface area contributed by atoms with Gasteiger partial charge >= 0.3 is 0 Å². The van der Waals surface area contributed by atoms with Gasteiger partial charge in [-0.05, 0) is 48.5 Å². The number of para-hydroxylation sites is 2. The summed E-state index contributed by atoms with van der Waals surface area (Å²) in [5.74, 6) is 3.34. The molecule has 0 saturated carbocycles. The van der Waals surface area contributed by atoms with Crippen LogP contribution < -0.4 is 14.2 Å². The smallest absolute Gasteiger partial charge is 0.141 e. The first kappa shape index (κ1) is 17.9. The van der Waals surface area contributed by atoms with E-state index in [0.717, 1.165) is 39.7 Å². The van der Waals surface area contributed by atoms with Crippen molar-refractivity contribution in [2.45, 2.75) is 6.54 Å². The molecular weight excluding hydrogens is 352 g/mol. The summed E-state index contributed by atoms with van der Waals surface area (Å²) < 4.78 is 18.7. The number of fused-ring (bicyclic) bond motifs is 1. The first-order valence-electron chi connectivity index (χ1n) is 9.15. The van der Waals surface area contributed by atoms with E-state index in [4.69, 9.17) is 19.2 Å². The lowest BCUT2D eigenvalue weighted by Crippen LogP contribution is -2.09. The molecule has 4 aromatic rings. The number of aromatic nitrogens is 2. The quantitative estimate of drug-likeness (QED) is 0.466. The Morgan fingerprint density at radius 3 is 2.32 bits per heavy atom. The highest BCUT2D eigenvalue weighted by Crippen LogP contribution is 2.27. The second-order valence-electron chi connectivity index (χ2n) is 6.33. The Bertz CT molecular complexity index is 1070. The van der Waals surface area contributed by atoms with Crippen LogP contribution >= 0.6 is 0 Å². The van der Waals surface area contributed by atoms with E-state index in [1.54, 1.807) is 14.2 Å². The predicted molar refractivity (Wildman–Crippen MR) is 110 cm³/mol. The van der Waals surface area contributed by atoms with Gasteiger partial charge in [0.05, 0.1) is 31.8 Å². The van der Waals surface area contributed by atoms with Gasteiger partial charge in [-0.1, -0.05) is 24.3 Å². The Kier molecular flexibility index (Phi) is 5.15. The lowest BCUT2D eigenvalue weighted by atomic mass is 10.2. The van der Waals surface area contributed by atoms with Gasteiger partial charge in [0.25, 0.3) is 0 Å². The van der Waals surface area contributed by atoms with Crippen molar-refractivity contribution in [3.8, 4) is 28.6 Å². The molecule has 4 rings (SSSR count). The number of nitrogens with zero attached hydrogens (tertiary/aromatic N) is 2. The minimum absolute atomic E-state index is 0.531. The normalized spacial score (nSPS) is 10.8. The molecule has 0 N–H and O–H groups in total. The number of ether oxygens (including phenoxy) is 3. The van der Waals surface area contributed by atoms with E-state index in [9.17, 15) is 0 Å². The zero-order chi connectivity index (χ0) is 19.3. The monoisotopic (exact) mass is 374 g/mol. The Morgan fingerprint density at radius 2 is 1.54 bits per heavy atom. The van der Waals surface area contributed by atoms with E-state index in [0.29, 0.717) is 13.2 Å². The molecule has 5 nitrogen and oxygen atoms in total. The summed E-state index contributed by atoms with van der Waals surface area (Å²) in [7, 11) is 3.32. The molecule has 0 aliphatic carbocycles. The van der Waals surface area contributed by atoms with Crippen LogP contribution in [-0.4, -0.2) is 30.4 Å². The molecule has 3 aromatic carbocycles. The van der Waals surface area contributed by atoms with Gasteiger partial charge < -0.3 is 18.8 Å². The molecule has 1 heterocycles. The highest BCUT2D eigenvalue weighted by atomic mass is 16.5. The molecule has 0 aliphatic rings. The topological polar surface area (TPSA) is 45.5 Å². The second-order valence-corrected chi connectivity index (χ2v) is 6.33. The number of imidazole rings is 1. The molecular formula is C23H22N2O3. The van der Waals surface area contributed by atoms with E-state index >= 15 is 0 Å². The summed E-state index contributed by atoms with van der Waals surface area (Å²) in [4.78, 5) is 4.84. The van der Waals surface area contributed by atoms with Crippen LogP contribution in [0, 0.1) is 0 Å². The Balaban J connectivity index is 1.61. The zero-order valence-electron chi connectivity index (χ0n) is 16.0. The second kappa shape index (κ2) is 8.05. The number of benzene rings is 3. The fourth-order valence-corrected chi connectivity index (χ4v) is 3.21. The van der Waals surface area contributed by atoms with Crippen LogP contribution in [0.4, 0.5) is 0 Å². The lowest BCUT2D eigenvalue weighted by Gasteiger charge is -2.12. The van der Waals surface area contributed by atoms with E-state index in [2.05, 4.69) is 10.6 Å². The van der Waals surface area contributed by atoms with Crippen molar-refractivity contribution >= 4 is 11.0 Å². The van der Waals surface area contributed by atoms with Gasteiger partial charge in [-0.2, -0.15) is 0 Å². The fourth-order valence-electron chi connectivity index (χ4n) is 3.21. The molecule has 0 unspecified atom stereocenters. The molecule has 0 saturated heterocycles. The standard InChI is InChI=1S/C23H22N2O3/c1-26-18-10-12-19(13-11-18)28-15-14-25-22-9-4-3-8-21(22)24-23(25)17-6-5-7-20(16-17)27-2/h3-13,16H,14-15H2,1-2H3. The summed E-state index contributed by atoms with van der Waals surface area (Å²) >= 11 is 0. The third-order valence-electron chi connectivity index (χ3n) is 4.63. The van der Waals surface area contributed by atoms with Gasteiger partial charge in [-0.25, -0.2) is 4.98 Å². The van der Waals surface area contributed by atoms with Crippen LogP contribution in [0.5, 0.6) is 17.2 Å². The summed E-state index contributed by atoms with van der Waals surface area (Å²) in [5.41, 5.74) is 3.06. The largest absolute Gasteiger partial charge is 0.497 e. The first-order chi connectivity index (χ1) is 13.8. The fraction of sp³-hybridized carbons (Fsp3) is 0.174. The maximum Gasteiger partial charge on any atom is 0.141 e. The number of hydrogen-bond donors (Lipinski definition) is 0. The van der Waals surface area contributed by atoms with E-state index in [-0.39, 0.29) is 0 Å². The van der Waals surface area contributed by atoms with E-state index < -0.39 is 0 Å². The van der Waals surface area contributed by atoms with Gasteiger partial charge in [-0.3, -0.25) is 0 Å². The third-order valence-corrected chi connectivity index (χ3v) is 4.63. The lowest BCUT2D eigenvalue weighted by molar-refractivity contribution is 0.300. The molecule has 0 amide bonds. The first-order valence-corrected chi connectivity index (χ1v) is 9.15. The van der Waals surface area contributed by atoms with Crippen molar-refractivity contribution in [1.29, 1.82) is 0 Å². The van der Waals surface area contributed by atoms with Crippen molar-refractivity contribution in [2.24, 2.45) is 0 Å². The Labute approximate surface area is 164 Å². The zero-order valence-corrected chi connectivity index (χ0v) is 16.0. The van der Waals surface area contributed by atoms with Crippen LogP contribution in [-0.2, 0) is 6.54 Å². The maximum absolute atomic E-state index is 5.93. The van der Waals surface area contributed by atoms with Crippen LogP contribution in [0.25, 0.3) is 22.4 Å². The van der Waals surface area contributed by atoms with Gasteiger partial charge in [-0.15, -0.1) is 0 Å². The molecule has 0 bridgehead atoms. The number of methoxy groups -OCH3 is 2. The predicted octanol–water partition coefficient (Wildman–Crippen LogP) is 4.80. The van der Waals surface area contributed by atoms with Gasteiger partial charge in [0, 0.05) is 5.56 Å². The highest BCUT2D eigenvalue weighted by molar-refractivity contribution is 5.80. The van der Waals surface area contributed by atoms with Crippen molar-refractivity contribution in [1.82, 2.24) is 9.55 Å². The summed E-state index contributed by atoms with van der Waals surface area (Å²) in [6.45, 7) is 1.21. The van der Waals surface area contributed by atoms with Crippen molar-refractivity contribution in [3.05, 3.63) is 72.8 Å². The molecule has 0 spiro atoms. The summed E-state index contributed by atoms with van der Waals surface area (Å²) in [6.07, 6.45) is 0. The average molecular weight is 374 g/mol. The summed E-state index contributed by atoms with van der Waals surface area (Å²) in [5, 5.41) is 0. The van der Waals surface area contributed by atoms with Gasteiger partial charge in [0.15, 0.2) is 0 Å². The average Bonchev–Trinajstić information content (AvgIpc) is 3.13. The van der Waals surface area contributed by atoms with E-state index in [1.807, 2.05) is 66.7 Å².